The first-order chi connectivity index (χ1) is 8.34. The molecule has 0 bridgehead atoms. The van der Waals surface area contributed by atoms with Gasteiger partial charge in [0.1, 0.15) is 0 Å². The second-order valence-electron chi connectivity index (χ2n) is 3.84. The van der Waals surface area contributed by atoms with E-state index in [2.05, 4.69) is 16.3 Å². The van der Waals surface area contributed by atoms with Crippen molar-refractivity contribution in [2.75, 3.05) is 0 Å². The second-order valence-corrected chi connectivity index (χ2v) is 3.84. The quantitative estimate of drug-likeness (QED) is 0.601. The molecule has 0 unspecified atom stereocenters. The van der Waals surface area contributed by atoms with Gasteiger partial charge in [-0.25, -0.2) is 0 Å². The molecule has 0 amide bonds. The summed E-state index contributed by atoms with van der Waals surface area (Å²) >= 11 is 0. The van der Waals surface area contributed by atoms with E-state index >= 15 is 0 Å². The standard InChI is InChI=1S/C13H11N4.Ir/c1-16-8-13(15-10-16)17-9-14-7-12(17)11-5-3-2-4-6-11;/h2-8,10H,1H3;/q-1;. The van der Waals surface area contributed by atoms with Crippen molar-refractivity contribution < 1.29 is 20.1 Å². The van der Waals surface area contributed by atoms with Gasteiger partial charge in [0, 0.05) is 39.7 Å². The van der Waals surface area contributed by atoms with Gasteiger partial charge >= 0.3 is 0 Å². The van der Waals surface area contributed by atoms with E-state index in [1.807, 2.05) is 52.7 Å². The molecule has 0 spiro atoms. The number of nitrogens with zero attached hydrogens (tertiary/aromatic N) is 4. The molecule has 0 aliphatic rings. The smallest absolute Gasteiger partial charge is 0.0853 e. The second kappa shape index (κ2) is 5.29. The molecule has 93 valence electrons. The average molecular weight is 415 g/mol. The Hall–Kier alpha value is -1.71. The Labute approximate surface area is 119 Å². The third-order valence-electron chi connectivity index (χ3n) is 2.58. The summed E-state index contributed by atoms with van der Waals surface area (Å²) in [5.41, 5.74) is 2.09. The number of aryl methyl sites for hydroxylation is 1. The fourth-order valence-corrected chi connectivity index (χ4v) is 1.76. The van der Waals surface area contributed by atoms with E-state index in [1.165, 1.54) is 0 Å². The number of benzene rings is 1. The predicted octanol–water partition coefficient (Wildman–Crippen LogP) is 2.07. The van der Waals surface area contributed by atoms with Crippen molar-refractivity contribution in [3.63, 3.8) is 0 Å². The molecular formula is C13H11IrN4-. The molecule has 0 aliphatic carbocycles. The molecule has 0 saturated heterocycles. The molecule has 18 heavy (non-hydrogen) atoms. The van der Waals surface area contributed by atoms with Gasteiger partial charge in [-0.2, -0.15) is 0 Å². The Balaban J connectivity index is 0.00000120. The Morgan fingerprint density at radius 3 is 2.61 bits per heavy atom. The van der Waals surface area contributed by atoms with Crippen molar-refractivity contribution in [2.24, 2.45) is 7.05 Å². The van der Waals surface area contributed by atoms with Crippen molar-refractivity contribution in [3.05, 3.63) is 55.4 Å². The minimum Gasteiger partial charge on any atom is -0.410 e. The molecule has 0 N–H and O–H groups in total. The molecule has 0 fully saturated rings. The number of aromatic nitrogens is 4. The summed E-state index contributed by atoms with van der Waals surface area (Å²) in [6.45, 7) is 0. The topological polar surface area (TPSA) is 35.6 Å². The van der Waals surface area contributed by atoms with Crippen molar-refractivity contribution in [1.29, 1.82) is 0 Å². The molecule has 3 aromatic rings. The van der Waals surface area contributed by atoms with Gasteiger partial charge in [-0.15, -0.1) is 0 Å². The zero-order valence-electron chi connectivity index (χ0n) is 9.74. The summed E-state index contributed by atoms with van der Waals surface area (Å²) in [5.74, 6) is 0.823. The van der Waals surface area contributed by atoms with Crippen molar-refractivity contribution in [2.45, 2.75) is 0 Å². The molecule has 0 atom stereocenters. The van der Waals surface area contributed by atoms with E-state index in [9.17, 15) is 0 Å². The van der Waals surface area contributed by atoms with Gasteiger partial charge in [0.05, 0.1) is 12.1 Å². The molecule has 0 aliphatic heterocycles. The summed E-state index contributed by atoms with van der Waals surface area (Å²) in [4.78, 5) is 8.37. The number of rotatable bonds is 2. The summed E-state index contributed by atoms with van der Waals surface area (Å²) in [6, 6.07) is 10.1. The minimum atomic E-state index is 0. The van der Waals surface area contributed by atoms with E-state index in [0.29, 0.717) is 0 Å². The fraction of sp³-hybridized carbons (Fsp3) is 0.0769. The van der Waals surface area contributed by atoms with Crippen LogP contribution >= 0.6 is 0 Å². The summed E-state index contributed by atoms with van der Waals surface area (Å²) in [5, 5.41) is 0. The maximum absolute atomic E-state index is 4.30. The molecule has 1 aromatic carbocycles. The minimum absolute atomic E-state index is 0. The van der Waals surface area contributed by atoms with Crippen LogP contribution in [0, 0.1) is 6.33 Å². The number of hydrogen-bond donors (Lipinski definition) is 0. The fourth-order valence-electron chi connectivity index (χ4n) is 1.76. The molecule has 2 heterocycles. The van der Waals surface area contributed by atoms with Gasteiger partial charge in [0.15, 0.2) is 0 Å². The third kappa shape index (κ3) is 2.28. The maximum Gasteiger partial charge on any atom is 0.0853 e. The number of imidazole rings is 2. The molecule has 1 radical (unpaired) electrons. The van der Waals surface area contributed by atoms with Crippen LogP contribution in [-0.4, -0.2) is 19.1 Å². The van der Waals surface area contributed by atoms with Crippen LogP contribution in [0.2, 0.25) is 0 Å². The van der Waals surface area contributed by atoms with Gasteiger partial charge in [0.2, 0.25) is 0 Å². The molecule has 4 nitrogen and oxygen atoms in total. The van der Waals surface area contributed by atoms with Gasteiger partial charge in [-0.05, 0) is 0 Å². The van der Waals surface area contributed by atoms with Crippen LogP contribution in [0.3, 0.4) is 0 Å². The first kappa shape index (κ1) is 12.7. The Morgan fingerprint density at radius 1 is 1.17 bits per heavy atom. The van der Waals surface area contributed by atoms with Crippen molar-refractivity contribution >= 4 is 0 Å². The average Bonchev–Trinajstić information content (AvgIpc) is 2.98. The van der Waals surface area contributed by atoms with Crippen molar-refractivity contribution in [1.82, 2.24) is 19.1 Å². The van der Waals surface area contributed by atoms with E-state index in [1.54, 1.807) is 12.5 Å². The van der Waals surface area contributed by atoms with Gasteiger partial charge in [-0.1, -0.05) is 47.8 Å². The normalized spacial score (nSPS) is 10.1. The van der Waals surface area contributed by atoms with Crippen LogP contribution < -0.4 is 0 Å². The van der Waals surface area contributed by atoms with Crippen LogP contribution in [0.4, 0.5) is 0 Å². The largest absolute Gasteiger partial charge is 0.410 e. The summed E-state index contributed by atoms with van der Waals surface area (Å²) in [7, 11) is 1.94. The van der Waals surface area contributed by atoms with Crippen LogP contribution in [0.1, 0.15) is 0 Å². The molecule has 2 aromatic heterocycles. The number of hydrogen-bond acceptors (Lipinski definition) is 2. The molecule has 0 saturated carbocycles. The van der Waals surface area contributed by atoms with E-state index in [0.717, 1.165) is 17.1 Å². The third-order valence-corrected chi connectivity index (χ3v) is 2.58. The Bertz CT molecular complexity index is 627. The van der Waals surface area contributed by atoms with E-state index in [-0.39, 0.29) is 20.1 Å². The van der Waals surface area contributed by atoms with Crippen LogP contribution in [0.5, 0.6) is 0 Å². The van der Waals surface area contributed by atoms with Gasteiger partial charge in [0.25, 0.3) is 0 Å². The Morgan fingerprint density at radius 2 is 1.94 bits per heavy atom. The first-order valence-corrected chi connectivity index (χ1v) is 5.34. The zero-order valence-corrected chi connectivity index (χ0v) is 12.1. The Kier molecular flexibility index (Phi) is 3.74. The van der Waals surface area contributed by atoms with Gasteiger partial charge in [-0.3, -0.25) is 4.98 Å². The maximum atomic E-state index is 4.30. The van der Waals surface area contributed by atoms with E-state index in [4.69, 9.17) is 0 Å². The van der Waals surface area contributed by atoms with Crippen molar-refractivity contribution in [3.8, 4) is 17.1 Å². The van der Waals surface area contributed by atoms with Gasteiger partial charge < -0.3 is 14.1 Å². The monoisotopic (exact) mass is 416 g/mol. The zero-order chi connectivity index (χ0) is 11.7. The van der Waals surface area contributed by atoms with Crippen LogP contribution in [0.15, 0.2) is 49.1 Å². The van der Waals surface area contributed by atoms with E-state index < -0.39 is 0 Å². The molecule has 5 heteroatoms. The van der Waals surface area contributed by atoms with Crippen LogP contribution in [0.25, 0.3) is 17.1 Å². The summed E-state index contributed by atoms with van der Waals surface area (Å²) in [6.07, 6.45) is 8.42. The van der Waals surface area contributed by atoms with Crippen LogP contribution in [-0.2, 0) is 27.2 Å². The molecule has 3 rings (SSSR count). The predicted molar refractivity (Wildman–Crippen MR) is 64.6 cm³/mol. The molecular weight excluding hydrogens is 404 g/mol. The first-order valence-electron chi connectivity index (χ1n) is 5.34. The summed E-state index contributed by atoms with van der Waals surface area (Å²) < 4.78 is 3.76. The SMILES string of the molecule is Cn1cnc(-n2[c-]ncc2-c2ccccc2)c1.[Ir].